The normalized spacial score (nSPS) is 10.3. The molecule has 0 aliphatic heterocycles. The molecular weight excluding hydrogens is 152 g/mol. The van der Waals surface area contributed by atoms with Crippen molar-refractivity contribution in [2.45, 2.75) is 6.42 Å². The number of anilines is 1. The Balaban J connectivity index is 2.69. The van der Waals surface area contributed by atoms with E-state index in [1.165, 1.54) is 0 Å². The number of allylic oxidation sites excluding steroid dienone is 1. The molecule has 0 fully saturated rings. The van der Waals surface area contributed by atoms with Crippen molar-refractivity contribution in [3.05, 3.63) is 30.1 Å². The van der Waals surface area contributed by atoms with Crippen LogP contribution in [0.4, 0.5) is 5.69 Å². The fourth-order valence-corrected chi connectivity index (χ4v) is 0.801. The summed E-state index contributed by atoms with van der Waals surface area (Å²) >= 11 is 0. The lowest BCUT2D eigenvalue weighted by molar-refractivity contribution is -0.107. The lowest BCUT2D eigenvalue weighted by Gasteiger charge is -1.93. The highest BCUT2D eigenvalue weighted by molar-refractivity contribution is 5.57. The van der Waals surface area contributed by atoms with Crippen LogP contribution in [0.25, 0.3) is 6.08 Å². The number of aldehydes is 1. The van der Waals surface area contributed by atoms with Gasteiger partial charge in [0, 0.05) is 18.3 Å². The molecule has 0 atom stereocenters. The van der Waals surface area contributed by atoms with Gasteiger partial charge in [-0.15, -0.1) is 0 Å². The Hall–Kier alpha value is -1.64. The molecule has 0 spiro atoms. The van der Waals surface area contributed by atoms with Crippen molar-refractivity contribution in [3.8, 4) is 0 Å². The van der Waals surface area contributed by atoms with Crippen molar-refractivity contribution < 1.29 is 4.79 Å². The van der Waals surface area contributed by atoms with Crippen molar-refractivity contribution in [1.82, 2.24) is 4.98 Å². The van der Waals surface area contributed by atoms with Gasteiger partial charge in [-0.3, -0.25) is 4.98 Å². The minimum atomic E-state index is 0.413. The van der Waals surface area contributed by atoms with E-state index >= 15 is 0 Å². The number of nitrogen functional groups attached to an aromatic ring is 1. The van der Waals surface area contributed by atoms with Gasteiger partial charge in [-0.25, -0.2) is 0 Å². The summed E-state index contributed by atoms with van der Waals surface area (Å²) in [4.78, 5) is 14.0. The molecule has 0 aromatic carbocycles. The summed E-state index contributed by atoms with van der Waals surface area (Å²) < 4.78 is 0. The molecule has 0 unspecified atom stereocenters. The highest BCUT2D eigenvalue weighted by atomic mass is 16.1. The van der Waals surface area contributed by atoms with Gasteiger partial charge in [0.2, 0.25) is 0 Å². The van der Waals surface area contributed by atoms with Crippen molar-refractivity contribution in [2.24, 2.45) is 0 Å². The largest absolute Gasteiger partial charge is 0.399 e. The van der Waals surface area contributed by atoms with Crippen LogP contribution in [0, 0.1) is 0 Å². The molecule has 0 aliphatic carbocycles. The molecule has 0 amide bonds. The topological polar surface area (TPSA) is 56.0 Å². The monoisotopic (exact) mass is 162 g/mol. The number of hydrogen-bond donors (Lipinski definition) is 1. The average molecular weight is 162 g/mol. The number of hydrogen-bond acceptors (Lipinski definition) is 3. The van der Waals surface area contributed by atoms with Crippen molar-refractivity contribution in [2.75, 3.05) is 5.73 Å². The summed E-state index contributed by atoms with van der Waals surface area (Å²) in [5.74, 6) is 0. The molecule has 0 bridgehead atoms. The second kappa shape index (κ2) is 4.28. The first-order chi connectivity index (χ1) is 5.83. The van der Waals surface area contributed by atoms with Gasteiger partial charge in [-0.05, 0) is 18.2 Å². The molecule has 1 rings (SSSR count). The number of rotatable bonds is 3. The second-order valence-corrected chi connectivity index (χ2v) is 2.32. The van der Waals surface area contributed by atoms with Crippen LogP contribution in [0.3, 0.4) is 0 Å². The van der Waals surface area contributed by atoms with E-state index in [-0.39, 0.29) is 0 Å². The number of carbonyl (C=O) groups is 1. The molecule has 0 saturated heterocycles. The van der Waals surface area contributed by atoms with Crippen LogP contribution >= 0.6 is 0 Å². The maximum atomic E-state index is 9.97. The summed E-state index contributed by atoms with van der Waals surface area (Å²) in [5.41, 5.74) is 6.97. The fourth-order valence-electron chi connectivity index (χ4n) is 0.801. The van der Waals surface area contributed by atoms with E-state index in [1.807, 2.05) is 0 Å². The van der Waals surface area contributed by atoms with Crippen molar-refractivity contribution >= 4 is 18.0 Å². The lowest BCUT2D eigenvalue weighted by Crippen LogP contribution is -1.86. The minimum absolute atomic E-state index is 0.413. The van der Waals surface area contributed by atoms with Gasteiger partial charge >= 0.3 is 0 Å². The van der Waals surface area contributed by atoms with Crippen LogP contribution in [0.2, 0.25) is 0 Å². The van der Waals surface area contributed by atoms with E-state index in [1.54, 1.807) is 30.5 Å². The van der Waals surface area contributed by atoms with E-state index in [0.717, 1.165) is 12.0 Å². The van der Waals surface area contributed by atoms with Crippen LogP contribution < -0.4 is 5.73 Å². The molecule has 62 valence electrons. The van der Waals surface area contributed by atoms with Crippen molar-refractivity contribution in [1.29, 1.82) is 0 Å². The Morgan fingerprint density at radius 1 is 1.58 bits per heavy atom. The number of nitrogens with two attached hydrogens (primary N) is 1. The van der Waals surface area contributed by atoms with Crippen LogP contribution in [-0.4, -0.2) is 11.3 Å². The molecule has 2 N–H and O–H groups in total. The first-order valence-electron chi connectivity index (χ1n) is 3.64. The average Bonchev–Trinajstić information content (AvgIpc) is 2.05. The summed E-state index contributed by atoms with van der Waals surface area (Å²) in [6.07, 6.45) is 6.40. The van der Waals surface area contributed by atoms with E-state index in [4.69, 9.17) is 5.73 Å². The Bertz CT molecular complexity index is 294. The molecule has 0 radical (unpaired) electrons. The molecule has 0 saturated carbocycles. The van der Waals surface area contributed by atoms with Gasteiger partial charge in [0.25, 0.3) is 0 Å². The third-order valence-electron chi connectivity index (χ3n) is 1.33. The predicted molar refractivity (Wildman–Crippen MR) is 48.4 cm³/mol. The highest BCUT2D eigenvalue weighted by Crippen LogP contribution is 2.04. The standard InChI is InChI=1S/C9H10N2O/c10-8-4-5-11-9(7-8)3-1-2-6-12/h1,3-7H,2H2,(H2,10,11). The fraction of sp³-hybridized carbons (Fsp3) is 0.111. The zero-order valence-corrected chi connectivity index (χ0v) is 6.60. The summed E-state index contributed by atoms with van der Waals surface area (Å²) in [6.45, 7) is 0. The van der Waals surface area contributed by atoms with Gasteiger partial charge in [-0.1, -0.05) is 6.08 Å². The van der Waals surface area contributed by atoms with E-state index in [0.29, 0.717) is 12.1 Å². The molecule has 3 heteroatoms. The molecule has 1 aromatic rings. The SMILES string of the molecule is Nc1ccnc(C=CCC=O)c1. The molecule has 3 nitrogen and oxygen atoms in total. The van der Waals surface area contributed by atoms with Crippen LogP contribution in [0.5, 0.6) is 0 Å². The van der Waals surface area contributed by atoms with E-state index < -0.39 is 0 Å². The van der Waals surface area contributed by atoms with Gasteiger partial charge in [0.1, 0.15) is 6.29 Å². The zero-order chi connectivity index (χ0) is 8.81. The van der Waals surface area contributed by atoms with Crippen LogP contribution in [0.15, 0.2) is 24.4 Å². The Morgan fingerprint density at radius 3 is 3.08 bits per heavy atom. The van der Waals surface area contributed by atoms with Crippen LogP contribution in [0.1, 0.15) is 12.1 Å². The third kappa shape index (κ3) is 2.54. The highest BCUT2D eigenvalue weighted by Gasteiger charge is 1.87. The Morgan fingerprint density at radius 2 is 2.42 bits per heavy atom. The van der Waals surface area contributed by atoms with Crippen molar-refractivity contribution in [3.63, 3.8) is 0 Å². The second-order valence-electron chi connectivity index (χ2n) is 2.32. The molecule has 0 aliphatic rings. The summed E-state index contributed by atoms with van der Waals surface area (Å²) in [6, 6.07) is 3.47. The molecule has 12 heavy (non-hydrogen) atoms. The quantitative estimate of drug-likeness (QED) is 0.681. The van der Waals surface area contributed by atoms with Gasteiger partial charge < -0.3 is 10.5 Å². The first kappa shape index (κ1) is 8.46. The zero-order valence-electron chi connectivity index (χ0n) is 6.60. The van der Waals surface area contributed by atoms with Gasteiger partial charge in [0.05, 0.1) is 5.69 Å². The number of nitrogens with zero attached hydrogens (tertiary/aromatic N) is 1. The Labute approximate surface area is 70.9 Å². The number of aromatic nitrogens is 1. The smallest absolute Gasteiger partial charge is 0.123 e. The van der Waals surface area contributed by atoms with Gasteiger partial charge in [-0.2, -0.15) is 0 Å². The summed E-state index contributed by atoms with van der Waals surface area (Å²) in [7, 11) is 0. The number of carbonyl (C=O) groups excluding carboxylic acids is 1. The van der Waals surface area contributed by atoms with Gasteiger partial charge in [0.15, 0.2) is 0 Å². The molecule has 1 heterocycles. The lowest BCUT2D eigenvalue weighted by atomic mass is 10.3. The number of pyridine rings is 1. The molecular formula is C9H10N2O. The first-order valence-corrected chi connectivity index (χ1v) is 3.64. The van der Waals surface area contributed by atoms with Crippen LogP contribution in [-0.2, 0) is 4.79 Å². The summed E-state index contributed by atoms with van der Waals surface area (Å²) in [5, 5.41) is 0. The minimum Gasteiger partial charge on any atom is -0.399 e. The Kier molecular flexibility index (Phi) is 3.02. The molecule has 1 aromatic heterocycles. The van der Waals surface area contributed by atoms with E-state index in [2.05, 4.69) is 4.98 Å². The predicted octanol–water partition coefficient (Wildman–Crippen LogP) is 1.27. The van der Waals surface area contributed by atoms with E-state index in [9.17, 15) is 4.79 Å². The maximum Gasteiger partial charge on any atom is 0.123 e. The maximum absolute atomic E-state index is 9.97. The third-order valence-corrected chi connectivity index (χ3v) is 1.33.